The molecule has 1 fully saturated rings. The van der Waals surface area contributed by atoms with Crippen molar-refractivity contribution in [2.24, 2.45) is 0 Å². The van der Waals surface area contributed by atoms with Crippen molar-refractivity contribution in [1.29, 1.82) is 0 Å². The third kappa shape index (κ3) is 5.01. The van der Waals surface area contributed by atoms with Crippen LogP contribution in [-0.2, 0) is 25.7 Å². The molecular formula is C31H36N8. The van der Waals surface area contributed by atoms with Gasteiger partial charge in [-0.25, -0.2) is 0 Å². The molecule has 4 N–H and O–H groups in total. The van der Waals surface area contributed by atoms with Crippen molar-refractivity contribution in [2.75, 3.05) is 11.1 Å². The number of anilines is 3. The van der Waals surface area contributed by atoms with E-state index in [0.717, 1.165) is 49.5 Å². The Bertz CT molecular complexity index is 1490. The van der Waals surface area contributed by atoms with E-state index >= 15 is 0 Å². The van der Waals surface area contributed by atoms with E-state index in [0.29, 0.717) is 17.8 Å². The van der Waals surface area contributed by atoms with Gasteiger partial charge in [0.05, 0.1) is 5.69 Å². The maximum atomic E-state index is 6.07. The normalized spacial score (nSPS) is 19.0. The molecule has 2 aromatic carbocycles. The Kier molecular flexibility index (Phi) is 6.48. The second kappa shape index (κ2) is 10.4. The van der Waals surface area contributed by atoms with Crippen LogP contribution in [0.15, 0.2) is 48.5 Å². The largest absolute Gasteiger partial charge is 0.366 e. The predicted octanol–water partition coefficient (Wildman–Crippen LogP) is 5.32. The van der Waals surface area contributed by atoms with Gasteiger partial charge in [-0.05, 0) is 98.2 Å². The first-order chi connectivity index (χ1) is 19.2. The number of nitrogens with one attached hydrogen (secondary N) is 2. The lowest BCUT2D eigenvalue weighted by atomic mass is 10.0. The average Bonchev–Trinajstić information content (AvgIpc) is 3.49. The van der Waals surface area contributed by atoms with E-state index in [1.165, 1.54) is 66.3 Å². The molecule has 7 rings (SSSR count). The molecule has 2 heterocycles. The Morgan fingerprint density at radius 2 is 1.54 bits per heavy atom. The van der Waals surface area contributed by atoms with Crippen molar-refractivity contribution >= 4 is 17.6 Å². The predicted molar refractivity (Wildman–Crippen MR) is 154 cm³/mol. The summed E-state index contributed by atoms with van der Waals surface area (Å²) in [5.74, 6) is 1.37. The van der Waals surface area contributed by atoms with Gasteiger partial charge >= 0.3 is 0 Å². The maximum absolute atomic E-state index is 6.07. The van der Waals surface area contributed by atoms with E-state index in [1.807, 2.05) is 0 Å². The highest BCUT2D eigenvalue weighted by Gasteiger charge is 2.23. The summed E-state index contributed by atoms with van der Waals surface area (Å²) in [6, 6.07) is 18.6. The zero-order valence-corrected chi connectivity index (χ0v) is 22.4. The molecule has 39 heavy (non-hydrogen) atoms. The molecule has 8 nitrogen and oxygen atoms in total. The second-order valence-corrected chi connectivity index (χ2v) is 11.3. The molecule has 8 heteroatoms. The van der Waals surface area contributed by atoms with Gasteiger partial charge in [0.15, 0.2) is 5.82 Å². The van der Waals surface area contributed by atoms with Crippen LogP contribution in [0.5, 0.6) is 0 Å². The second-order valence-electron chi connectivity index (χ2n) is 11.3. The first-order valence-electron chi connectivity index (χ1n) is 14.5. The summed E-state index contributed by atoms with van der Waals surface area (Å²) >= 11 is 0. The van der Waals surface area contributed by atoms with Crippen LogP contribution in [0, 0.1) is 0 Å². The fourth-order valence-corrected chi connectivity index (χ4v) is 6.65. The van der Waals surface area contributed by atoms with Crippen LogP contribution in [0.2, 0.25) is 0 Å². The standard InChI is InChI=1S/C31H36N8/c32-30-35-31(34-26-17-13-20-12-15-25(16-14-22(20)18-26)33-24-9-2-3-10-24)39(38-30)28-19-23-8-5-7-21-6-1-4-11-27(21)29(23)37-36-28/h1,4,6,11,13,17-19,24-25,33H,2-3,5,7-10,12,14-16H2,(H3,32,34,35,38). The van der Waals surface area contributed by atoms with E-state index in [9.17, 15) is 0 Å². The Morgan fingerprint density at radius 1 is 0.744 bits per heavy atom. The van der Waals surface area contributed by atoms with Gasteiger partial charge in [-0.3, -0.25) is 0 Å². The zero-order chi connectivity index (χ0) is 26.2. The van der Waals surface area contributed by atoms with Gasteiger partial charge in [0.2, 0.25) is 11.9 Å². The fraction of sp³-hybridized carbons (Fsp3) is 0.419. The fourth-order valence-electron chi connectivity index (χ4n) is 6.65. The number of rotatable bonds is 5. The number of benzene rings is 2. The van der Waals surface area contributed by atoms with Crippen molar-refractivity contribution in [3.8, 4) is 17.1 Å². The van der Waals surface area contributed by atoms with Crippen LogP contribution >= 0.6 is 0 Å². The van der Waals surface area contributed by atoms with E-state index in [4.69, 9.17) is 5.73 Å². The minimum absolute atomic E-state index is 0.204. The summed E-state index contributed by atoms with van der Waals surface area (Å²) in [7, 11) is 0. The van der Waals surface area contributed by atoms with Gasteiger partial charge in [-0.1, -0.05) is 43.2 Å². The van der Waals surface area contributed by atoms with Crippen LogP contribution in [0.25, 0.3) is 17.1 Å². The van der Waals surface area contributed by atoms with Gasteiger partial charge in [-0.15, -0.1) is 15.3 Å². The average molecular weight is 521 g/mol. The molecule has 0 saturated heterocycles. The summed E-state index contributed by atoms with van der Waals surface area (Å²) < 4.78 is 1.67. The molecule has 1 atom stereocenters. The quantitative estimate of drug-likeness (QED) is 0.306. The Hall–Kier alpha value is -3.78. The molecule has 4 aromatic rings. The highest BCUT2D eigenvalue weighted by Crippen LogP contribution is 2.32. The van der Waals surface area contributed by atoms with Crippen LogP contribution < -0.4 is 16.4 Å². The number of nitrogen functional groups attached to an aromatic ring is 1. The smallest absolute Gasteiger partial charge is 0.241 e. The van der Waals surface area contributed by atoms with E-state index in [2.05, 4.69) is 79.4 Å². The lowest BCUT2D eigenvalue weighted by Gasteiger charge is -2.21. The van der Waals surface area contributed by atoms with Crippen molar-refractivity contribution in [3.63, 3.8) is 0 Å². The van der Waals surface area contributed by atoms with E-state index in [1.54, 1.807) is 4.68 Å². The van der Waals surface area contributed by atoms with Crippen LogP contribution in [0.3, 0.4) is 0 Å². The molecule has 1 saturated carbocycles. The molecule has 2 aromatic heterocycles. The number of hydrogen-bond donors (Lipinski definition) is 3. The maximum Gasteiger partial charge on any atom is 0.241 e. The lowest BCUT2D eigenvalue weighted by Crippen LogP contribution is -2.36. The molecule has 0 bridgehead atoms. The molecule has 0 radical (unpaired) electrons. The Balaban J connectivity index is 1.12. The molecule has 200 valence electrons. The van der Waals surface area contributed by atoms with Crippen molar-refractivity contribution in [3.05, 3.63) is 70.8 Å². The summed E-state index contributed by atoms with van der Waals surface area (Å²) in [5, 5.41) is 21.1. The summed E-state index contributed by atoms with van der Waals surface area (Å²) in [5.41, 5.74) is 14.6. The minimum atomic E-state index is 0.204. The Labute approximate surface area is 229 Å². The third-order valence-corrected chi connectivity index (χ3v) is 8.68. The third-order valence-electron chi connectivity index (χ3n) is 8.68. The molecule has 0 aliphatic heterocycles. The van der Waals surface area contributed by atoms with Crippen molar-refractivity contribution in [2.45, 2.75) is 82.7 Å². The van der Waals surface area contributed by atoms with Crippen molar-refractivity contribution in [1.82, 2.24) is 30.3 Å². The monoisotopic (exact) mass is 520 g/mol. The number of nitrogens with zero attached hydrogens (tertiary/aromatic N) is 5. The van der Waals surface area contributed by atoms with Crippen LogP contribution in [0.1, 0.15) is 67.2 Å². The van der Waals surface area contributed by atoms with Gasteiger partial charge in [0.1, 0.15) is 0 Å². The molecule has 3 aliphatic carbocycles. The Morgan fingerprint density at radius 3 is 2.44 bits per heavy atom. The molecule has 0 spiro atoms. The highest BCUT2D eigenvalue weighted by molar-refractivity contribution is 5.68. The van der Waals surface area contributed by atoms with Crippen LogP contribution in [0.4, 0.5) is 17.6 Å². The molecule has 3 aliphatic rings. The zero-order valence-electron chi connectivity index (χ0n) is 22.4. The first kappa shape index (κ1) is 24.3. The minimum Gasteiger partial charge on any atom is -0.366 e. The number of nitrogens with two attached hydrogens (primary N) is 1. The van der Waals surface area contributed by atoms with Crippen LogP contribution in [-0.4, -0.2) is 37.0 Å². The number of aryl methyl sites for hydroxylation is 4. The first-order valence-corrected chi connectivity index (χ1v) is 14.5. The van der Waals surface area contributed by atoms with E-state index in [-0.39, 0.29) is 5.95 Å². The molecule has 0 amide bonds. The summed E-state index contributed by atoms with van der Waals surface area (Å²) in [6.45, 7) is 0. The number of aromatic nitrogens is 5. The summed E-state index contributed by atoms with van der Waals surface area (Å²) in [4.78, 5) is 4.49. The van der Waals surface area contributed by atoms with Gasteiger partial charge in [0.25, 0.3) is 0 Å². The molecular weight excluding hydrogens is 484 g/mol. The van der Waals surface area contributed by atoms with E-state index < -0.39 is 0 Å². The highest BCUT2D eigenvalue weighted by atomic mass is 15.5. The van der Waals surface area contributed by atoms with Gasteiger partial charge in [-0.2, -0.15) is 9.67 Å². The number of hydrogen-bond acceptors (Lipinski definition) is 7. The van der Waals surface area contributed by atoms with Gasteiger partial charge < -0.3 is 16.4 Å². The topological polar surface area (TPSA) is 107 Å². The number of fused-ring (bicyclic) bond motifs is 4. The van der Waals surface area contributed by atoms with Gasteiger partial charge in [0, 0.05) is 23.3 Å². The van der Waals surface area contributed by atoms with Crippen molar-refractivity contribution < 1.29 is 0 Å². The SMILES string of the molecule is Nc1nc(Nc2ccc3c(c2)CCC(NC2CCCC2)CC3)n(-c2cc3c(nn2)-c2ccccc2CCC3)n1. The molecule has 1 unspecified atom stereocenters. The lowest BCUT2D eigenvalue weighted by molar-refractivity contribution is 0.398. The summed E-state index contributed by atoms with van der Waals surface area (Å²) in [6.07, 6.45) is 13.1.